The normalized spacial score (nSPS) is 14.5. The molecule has 2 atom stereocenters. The fourth-order valence-electron chi connectivity index (χ4n) is 1.57. The van der Waals surface area contributed by atoms with Gasteiger partial charge in [0.15, 0.2) is 10.8 Å². The minimum atomic E-state index is -1.17. The summed E-state index contributed by atoms with van der Waals surface area (Å²) in [7, 11) is 0. The molecule has 0 aliphatic rings. The molecule has 0 fully saturated rings. The molecule has 0 saturated heterocycles. The lowest BCUT2D eigenvalue weighted by molar-refractivity contribution is -0.109. The maximum atomic E-state index is 10.8. The largest absolute Gasteiger partial charge is 0.389 e. The summed E-state index contributed by atoms with van der Waals surface area (Å²) < 4.78 is 1.45. The van der Waals surface area contributed by atoms with Crippen LogP contribution in [0, 0.1) is 0 Å². The predicted octanol–water partition coefficient (Wildman–Crippen LogP) is 1.06. The Balaban J connectivity index is 2.23. The summed E-state index contributed by atoms with van der Waals surface area (Å²) in [6, 6.07) is 1.57. The van der Waals surface area contributed by atoms with E-state index in [2.05, 4.69) is 10.1 Å². The Morgan fingerprint density at radius 2 is 2.32 bits per heavy atom. The zero-order valence-corrected chi connectivity index (χ0v) is 11.6. The van der Waals surface area contributed by atoms with Crippen LogP contribution in [0.4, 0.5) is 0 Å². The number of hydrogen-bond acceptors (Lipinski definition) is 6. The Kier molecular flexibility index (Phi) is 4.41. The van der Waals surface area contributed by atoms with E-state index in [-0.39, 0.29) is 16.0 Å². The van der Waals surface area contributed by atoms with Crippen LogP contribution in [0.1, 0.15) is 18.6 Å². The Morgan fingerprint density at radius 1 is 1.58 bits per heavy atom. The average Bonchev–Trinajstić information content (AvgIpc) is 2.77. The molecule has 0 aliphatic carbocycles. The van der Waals surface area contributed by atoms with Crippen LogP contribution in [-0.4, -0.2) is 41.8 Å². The van der Waals surface area contributed by atoms with E-state index in [0.29, 0.717) is 11.2 Å². The number of thioether (sulfide) groups is 1. The first-order valence-electron chi connectivity index (χ1n) is 5.48. The minimum absolute atomic E-state index is 0.106. The lowest BCUT2D eigenvalue weighted by Crippen LogP contribution is -2.21. The number of rotatable bonds is 4. The molecule has 0 aliphatic heterocycles. The van der Waals surface area contributed by atoms with Crippen molar-refractivity contribution in [1.82, 2.24) is 14.6 Å². The first-order chi connectivity index (χ1) is 8.99. The first kappa shape index (κ1) is 14.3. The summed E-state index contributed by atoms with van der Waals surface area (Å²) in [5.74, 6) is 0.106. The van der Waals surface area contributed by atoms with Gasteiger partial charge in [-0.1, -0.05) is 23.4 Å². The number of fused-ring (bicyclic) bond motifs is 1. The molecule has 2 aromatic rings. The standard InChI is InChI=1S/C11H12ClN3O3S/c1-6(16)19-5-8(17)10(18)7-4-13-15-3-2-9(12)14-11(7)15/h2-4,8,10,17-18H,5H2,1H3. The summed E-state index contributed by atoms with van der Waals surface area (Å²) in [6.07, 6.45) is 0.778. The molecular formula is C11H12ClN3O3S. The van der Waals surface area contributed by atoms with E-state index >= 15 is 0 Å². The molecule has 6 nitrogen and oxygen atoms in total. The number of nitrogens with zero attached hydrogens (tertiary/aromatic N) is 3. The Labute approximate surface area is 118 Å². The fraction of sp³-hybridized carbons (Fsp3) is 0.364. The molecule has 2 unspecified atom stereocenters. The van der Waals surface area contributed by atoms with Gasteiger partial charge in [-0.05, 0) is 6.07 Å². The number of hydrogen-bond donors (Lipinski definition) is 2. The van der Waals surface area contributed by atoms with Gasteiger partial charge >= 0.3 is 0 Å². The number of aromatic nitrogens is 3. The van der Waals surface area contributed by atoms with Crippen LogP contribution >= 0.6 is 23.4 Å². The van der Waals surface area contributed by atoms with E-state index in [0.717, 1.165) is 11.8 Å². The molecule has 2 heterocycles. The third kappa shape index (κ3) is 3.24. The second-order valence-electron chi connectivity index (χ2n) is 3.93. The SMILES string of the molecule is CC(=O)SCC(O)C(O)c1cnn2ccc(Cl)nc12. The van der Waals surface area contributed by atoms with Crippen molar-refractivity contribution < 1.29 is 15.0 Å². The van der Waals surface area contributed by atoms with Crippen molar-refractivity contribution in [2.45, 2.75) is 19.1 Å². The summed E-state index contributed by atoms with van der Waals surface area (Å²) >= 11 is 6.74. The number of halogens is 1. The third-order valence-electron chi connectivity index (χ3n) is 2.50. The van der Waals surface area contributed by atoms with Crippen molar-refractivity contribution in [2.24, 2.45) is 0 Å². The van der Waals surface area contributed by atoms with Crippen molar-refractivity contribution in [3.63, 3.8) is 0 Å². The van der Waals surface area contributed by atoms with Gasteiger partial charge in [0.25, 0.3) is 0 Å². The van der Waals surface area contributed by atoms with Gasteiger partial charge in [0.1, 0.15) is 11.3 Å². The molecular weight excluding hydrogens is 290 g/mol. The molecule has 0 saturated carbocycles. The highest BCUT2D eigenvalue weighted by atomic mass is 35.5. The molecule has 0 amide bonds. The number of aliphatic hydroxyl groups excluding tert-OH is 2. The number of carbonyl (C=O) groups excluding carboxylic acids is 1. The van der Waals surface area contributed by atoms with E-state index in [1.54, 1.807) is 12.3 Å². The highest BCUT2D eigenvalue weighted by Gasteiger charge is 2.23. The maximum Gasteiger partial charge on any atom is 0.185 e. The monoisotopic (exact) mass is 301 g/mol. The van der Waals surface area contributed by atoms with Gasteiger partial charge in [-0.15, -0.1) is 0 Å². The van der Waals surface area contributed by atoms with E-state index < -0.39 is 12.2 Å². The maximum absolute atomic E-state index is 10.8. The molecule has 2 aromatic heterocycles. The summed E-state index contributed by atoms with van der Waals surface area (Å²) in [6.45, 7) is 1.40. The topological polar surface area (TPSA) is 87.7 Å². The van der Waals surface area contributed by atoms with E-state index in [1.807, 2.05) is 0 Å². The highest BCUT2D eigenvalue weighted by Crippen LogP contribution is 2.23. The lowest BCUT2D eigenvalue weighted by Gasteiger charge is -2.15. The molecule has 0 spiro atoms. The zero-order chi connectivity index (χ0) is 14.0. The van der Waals surface area contributed by atoms with E-state index in [4.69, 9.17) is 11.6 Å². The van der Waals surface area contributed by atoms with Gasteiger partial charge in [-0.3, -0.25) is 4.79 Å². The van der Waals surface area contributed by atoms with E-state index in [9.17, 15) is 15.0 Å². The van der Waals surface area contributed by atoms with Crippen molar-refractivity contribution in [2.75, 3.05) is 5.75 Å². The summed E-state index contributed by atoms with van der Waals surface area (Å²) in [5, 5.41) is 24.1. The second kappa shape index (κ2) is 5.87. The second-order valence-corrected chi connectivity index (χ2v) is 5.52. The Hall–Kier alpha value is -1.15. The number of aliphatic hydroxyl groups is 2. The van der Waals surface area contributed by atoms with Gasteiger partial charge in [-0.2, -0.15) is 5.10 Å². The Morgan fingerprint density at radius 3 is 3.00 bits per heavy atom. The van der Waals surface area contributed by atoms with Crippen LogP contribution in [0.25, 0.3) is 5.65 Å². The van der Waals surface area contributed by atoms with Gasteiger partial charge in [0.05, 0.1) is 12.3 Å². The van der Waals surface area contributed by atoms with E-state index in [1.165, 1.54) is 17.6 Å². The molecule has 8 heteroatoms. The van der Waals surface area contributed by atoms with Crippen molar-refractivity contribution in [1.29, 1.82) is 0 Å². The van der Waals surface area contributed by atoms with Crippen molar-refractivity contribution >= 4 is 34.1 Å². The Bertz CT molecular complexity index is 604. The van der Waals surface area contributed by atoms with Crippen LogP contribution < -0.4 is 0 Å². The molecule has 2 rings (SSSR count). The van der Waals surface area contributed by atoms with Crippen LogP contribution in [0.2, 0.25) is 5.15 Å². The van der Waals surface area contributed by atoms with Crippen LogP contribution in [-0.2, 0) is 4.79 Å². The van der Waals surface area contributed by atoms with Crippen LogP contribution in [0.3, 0.4) is 0 Å². The lowest BCUT2D eigenvalue weighted by atomic mass is 10.1. The average molecular weight is 302 g/mol. The molecule has 19 heavy (non-hydrogen) atoms. The summed E-state index contributed by atoms with van der Waals surface area (Å²) in [5.41, 5.74) is 0.756. The number of carbonyl (C=O) groups is 1. The van der Waals surface area contributed by atoms with Gasteiger partial charge in [0.2, 0.25) is 0 Å². The highest BCUT2D eigenvalue weighted by molar-refractivity contribution is 8.13. The molecule has 0 bridgehead atoms. The van der Waals surface area contributed by atoms with Gasteiger partial charge < -0.3 is 10.2 Å². The summed E-state index contributed by atoms with van der Waals surface area (Å²) in [4.78, 5) is 14.9. The quantitative estimate of drug-likeness (QED) is 0.821. The van der Waals surface area contributed by atoms with Crippen molar-refractivity contribution in [3.05, 3.63) is 29.2 Å². The predicted molar refractivity (Wildman–Crippen MR) is 72.1 cm³/mol. The minimum Gasteiger partial charge on any atom is -0.389 e. The molecule has 102 valence electrons. The van der Waals surface area contributed by atoms with Crippen LogP contribution in [0.15, 0.2) is 18.5 Å². The molecule has 0 aromatic carbocycles. The van der Waals surface area contributed by atoms with Crippen molar-refractivity contribution in [3.8, 4) is 0 Å². The zero-order valence-electron chi connectivity index (χ0n) is 10.0. The third-order valence-corrected chi connectivity index (χ3v) is 3.63. The fourth-order valence-corrected chi connectivity index (χ4v) is 2.30. The molecule has 0 radical (unpaired) electrons. The van der Waals surface area contributed by atoms with Crippen LogP contribution in [0.5, 0.6) is 0 Å². The molecule has 2 N–H and O–H groups in total. The first-order valence-corrected chi connectivity index (χ1v) is 6.84. The van der Waals surface area contributed by atoms with Gasteiger partial charge in [0, 0.05) is 24.4 Å². The van der Waals surface area contributed by atoms with Gasteiger partial charge in [-0.25, -0.2) is 9.50 Å². The smallest absolute Gasteiger partial charge is 0.185 e.